The molecule has 17 heavy (non-hydrogen) atoms. The van der Waals surface area contributed by atoms with E-state index in [1.54, 1.807) is 0 Å². The van der Waals surface area contributed by atoms with Crippen LogP contribution < -0.4 is 0 Å². The van der Waals surface area contributed by atoms with E-state index in [1.807, 2.05) is 39.8 Å². The highest BCUT2D eigenvalue weighted by atomic mass is 14.7. The zero-order valence-electron chi connectivity index (χ0n) is 11.1. The van der Waals surface area contributed by atoms with Crippen LogP contribution in [0.4, 0.5) is 0 Å². The second-order valence-electron chi connectivity index (χ2n) is 3.90. The lowest BCUT2D eigenvalue weighted by Crippen LogP contribution is -1.91. The van der Waals surface area contributed by atoms with Gasteiger partial charge in [-0.05, 0) is 50.1 Å². The van der Waals surface area contributed by atoms with E-state index in [4.69, 9.17) is 5.26 Å². The maximum Gasteiger partial charge on any atom is 0.101 e. The van der Waals surface area contributed by atoms with Gasteiger partial charge >= 0.3 is 0 Å². The molecule has 2 nitrogen and oxygen atoms in total. The summed E-state index contributed by atoms with van der Waals surface area (Å²) < 4.78 is 0. The van der Waals surface area contributed by atoms with Gasteiger partial charge in [-0.1, -0.05) is 13.8 Å². The van der Waals surface area contributed by atoms with Crippen LogP contribution in [0.1, 0.15) is 36.2 Å². The van der Waals surface area contributed by atoms with Gasteiger partial charge in [-0.25, -0.2) is 0 Å². The molecule has 0 saturated heterocycles. The number of rotatable bonds is 0. The van der Waals surface area contributed by atoms with Crippen LogP contribution in [-0.2, 0) is 0 Å². The van der Waals surface area contributed by atoms with E-state index in [1.165, 1.54) is 5.56 Å². The predicted molar refractivity (Wildman–Crippen MR) is 72.0 cm³/mol. The molecule has 1 aromatic heterocycles. The van der Waals surface area contributed by atoms with Gasteiger partial charge in [0.2, 0.25) is 0 Å². The van der Waals surface area contributed by atoms with Crippen molar-refractivity contribution >= 4 is 10.9 Å². The van der Waals surface area contributed by atoms with Crippen molar-refractivity contribution in [3.05, 3.63) is 40.6 Å². The Labute approximate surface area is 103 Å². The molecule has 0 bridgehead atoms. The molecule has 0 aliphatic carbocycles. The number of hydrogen-bond donors (Lipinski definition) is 0. The van der Waals surface area contributed by atoms with E-state index in [0.29, 0.717) is 5.56 Å². The van der Waals surface area contributed by atoms with Gasteiger partial charge in [0, 0.05) is 11.1 Å². The van der Waals surface area contributed by atoms with Crippen LogP contribution >= 0.6 is 0 Å². The molecule has 2 rings (SSSR count). The van der Waals surface area contributed by atoms with Gasteiger partial charge in [-0.3, -0.25) is 4.98 Å². The number of aryl methyl sites for hydroxylation is 3. The lowest BCUT2D eigenvalue weighted by atomic mass is 10.0. The van der Waals surface area contributed by atoms with Crippen LogP contribution in [-0.4, -0.2) is 4.98 Å². The topological polar surface area (TPSA) is 36.7 Å². The number of fused-ring (bicyclic) bond motifs is 1. The van der Waals surface area contributed by atoms with Crippen molar-refractivity contribution in [2.75, 3.05) is 0 Å². The fraction of sp³-hybridized carbons (Fsp3) is 0.333. The Morgan fingerprint density at radius 2 is 1.71 bits per heavy atom. The molecule has 0 amide bonds. The molecule has 0 N–H and O–H groups in total. The number of benzene rings is 1. The van der Waals surface area contributed by atoms with Crippen molar-refractivity contribution < 1.29 is 0 Å². The predicted octanol–water partition coefficient (Wildman–Crippen LogP) is 4.06. The molecular formula is C15H18N2. The van der Waals surface area contributed by atoms with Gasteiger partial charge in [0.15, 0.2) is 0 Å². The summed E-state index contributed by atoms with van der Waals surface area (Å²) in [5.74, 6) is 0. The molecular weight excluding hydrogens is 208 g/mol. The number of pyridine rings is 1. The molecule has 0 aliphatic heterocycles. The van der Waals surface area contributed by atoms with Crippen molar-refractivity contribution in [2.24, 2.45) is 0 Å². The maximum absolute atomic E-state index is 9.05. The van der Waals surface area contributed by atoms with Crippen LogP contribution in [0.25, 0.3) is 10.9 Å². The monoisotopic (exact) mass is 226 g/mol. The first-order chi connectivity index (χ1) is 8.11. The van der Waals surface area contributed by atoms with Crippen molar-refractivity contribution in [3.8, 4) is 6.07 Å². The lowest BCUT2D eigenvalue weighted by molar-refractivity contribution is 1.22. The van der Waals surface area contributed by atoms with Crippen LogP contribution in [0.2, 0.25) is 0 Å². The first kappa shape index (κ1) is 13.2. The number of aromatic nitrogens is 1. The second-order valence-corrected chi connectivity index (χ2v) is 3.90. The Kier molecular flexibility index (Phi) is 4.23. The van der Waals surface area contributed by atoms with Crippen molar-refractivity contribution in [1.82, 2.24) is 4.98 Å². The zero-order chi connectivity index (χ0) is 13.0. The van der Waals surface area contributed by atoms with E-state index in [0.717, 1.165) is 22.2 Å². The first-order valence-electron chi connectivity index (χ1n) is 5.90. The quantitative estimate of drug-likeness (QED) is 0.679. The summed E-state index contributed by atoms with van der Waals surface area (Å²) in [6.45, 7) is 10.0. The summed E-state index contributed by atoms with van der Waals surface area (Å²) in [5, 5.41) is 10.1. The number of nitrogens with zero attached hydrogens (tertiary/aromatic N) is 2. The molecule has 0 spiro atoms. The molecule has 2 aromatic rings. The Hall–Kier alpha value is -1.88. The number of nitriles is 1. The highest BCUT2D eigenvalue weighted by Gasteiger charge is 2.06. The molecule has 0 aliphatic rings. The highest BCUT2D eigenvalue weighted by Crippen LogP contribution is 2.22. The minimum atomic E-state index is 0.664. The minimum absolute atomic E-state index is 0.664. The summed E-state index contributed by atoms with van der Waals surface area (Å²) in [7, 11) is 0. The largest absolute Gasteiger partial charge is 0.252 e. The van der Waals surface area contributed by atoms with E-state index in [2.05, 4.69) is 24.0 Å². The highest BCUT2D eigenvalue weighted by molar-refractivity contribution is 5.87. The Morgan fingerprint density at radius 3 is 2.29 bits per heavy atom. The molecule has 1 heterocycles. The molecule has 0 unspecified atom stereocenters. The van der Waals surface area contributed by atoms with E-state index in [9.17, 15) is 0 Å². The molecule has 1 aromatic carbocycles. The average Bonchev–Trinajstić information content (AvgIpc) is 2.32. The molecule has 2 heteroatoms. The summed E-state index contributed by atoms with van der Waals surface area (Å²) in [6, 6.07) is 8.21. The Bertz CT molecular complexity index is 577. The van der Waals surface area contributed by atoms with Gasteiger partial charge in [-0.2, -0.15) is 5.26 Å². The third kappa shape index (κ3) is 2.62. The van der Waals surface area contributed by atoms with E-state index >= 15 is 0 Å². The van der Waals surface area contributed by atoms with Gasteiger partial charge in [0.1, 0.15) is 6.07 Å². The van der Waals surface area contributed by atoms with Gasteiger partial charge < -0.3 is 0 Å². The van der Waals surface area contributed by atoms with Gasteiger partial charge in [0.05, 0.1) is 11.1 Å². The number of hydrogen-bond acceptors (Lipinski definition) is 2. The first-order valence-corrected chi connectivity index (χ1v) is 5.90. The second kappa shape index (κ2) is 5.45. The fourth-order valence-corrected chi connectivity index (χ4v) is 1.88. The zero-order valence-corrected chi connectivity index (χ0v) is 11.1. The fourth-order valence-electron chi connectivity index (χ4n) is 1.88. The average molecular weight is 226 g/mol. The maximum atomic E-state index is 9.05. The molecule has 0 saturated carbocycles. The summed E-state index contributed by atoms with van der Waals surface area (Å²) >= 11 is 0. The summed E-state index contributed by atoms with van der Waals surface area (Å²) in [5.41, 5.74) is 4.73. The van der Waals surface area contributed by atoms with Gasteiger partial charge in [0.25, 0.3) is 0 Å². The summed E-state index contributed by atoms with van der Waals surface area (Å²) in [4.78, 5) is 4.43. The van der Waals surface area contributed by atoms with Crippen molar-refractivity contribution in [3.63, 3.8) is 0 Å². The standard InChI is InChI=1S/C13H12N2.C2H6/c1-8-4-11(7-14)13-12(5-8)9(2)6-10(3)15-13;1-2/h4-6H,1-3H3;1-2H3. The van der Waals surface area contributed by atoms with E-state index < -0.39 is 0 Å². The van der Waals surface area contributed by atoms with Gasteiger partial charge in [-0.15, -0.1) is 0 Å². The van der Waals surface area contributed by atoms with E-state index in [-0.39, 0.29) is 0 Å². The lowest BCUT2D eigenvalue weighted by Gasteiger charge is -2.06. The normalized spacial score (nSPS) is 9.41. The third-order valence-corrected chi connectivity index (χ3v) is 2.51. The third-order valence-electron chi connectivity index (χ3n) is 2.51. The SMILES string of the molecule is CC.Cc1cc(C#N)c2nc(C)cc(C)c2c1. The Balaban J connectivity index is 0.000000686. The Morgan fingerprint density at radius 1 is 1.06 bits per heavy atom. The molecule has 88 valence electrons. The smallest absolute Gasteiger partial charge is 0.101 e. The van der Waals surface area contributed by atoms with Crippen LogP contribution in [0.3, 0.4) is 0 Å². The van der Waals surface area contributed by atoms with Crippen LogP contribution in [0, 0.1) is 32.1 Å². The van der Waals surface area contributed by atoms with Crippen LogP contribution in [0.5, 0.6) is 0 Å². The van der Waals surface area contributed by atoms with Crippen LogP contribution in [0.15, 0.2) is 18.2 Å². The molecule has 0 atom stereocenters. The van der Waals surface area contributed by atoms with Crippen molar-refractivity contribution in [2.45, 2.75) is 34.6 Å². The molecule has 0 fully saturated rings. The summed E-state index contributed by atoms with van der Waals surface area (Å²) in [6.07, 6.45) is 0. The minimum Gasteiger partial charge on any atom is -0.252 e. The molecule has 0 radical (unpaired) electrons. The van der Waals surface area contributed by atoms with Crippen molar-refractivity contribution in [1.29, 1.82) is 5.26 Å².